The van der Waals surface area contributed by atoms with Gasteiger partial charge in [0.05, 0.1) is 0 Å². The molecule has 4 aliphatic rings. The van der Waals surface area contributed by atoms with E-state index in [0.29, 0.717) is 5.92 Å². The Hall–Kier alpha value is -0.160. The number of rotatable bonds is 1. The summed E-state index contributed by atoms with van der Waals surface area (Å²) in [5, 5.41) is 0. The maximum atomic E-state index is 5.94. The van der Waals surface area contributed by atoms with E-state index >= 15 is 0 Å². The van der Waals surface area contributed by atoms with Gasteiger partial charge in [0.1, 0.15) is 0 Å². The zero-order valence-corrected chi connectivity index (χ0v) is 10.0. The zero-order chi connectivity index (χ0) is 11.2. The molecule has 1 aliphatic carbocycles. The highest BCUT2D eigenvalue weighted by Gasteiger charge is 2.59. The molecule has 3 heterocycles. The fraction of sp³-hybridized carbons (Fsp3) is 1.00. The van der Waals surface area contributed by atoms with Crippen LogP contribution in [-0.4, -0.2) is 24.8 Å². The van der Waals surface area contributed by atoms with Crippen LogP contribution in [0, 0.1) is 5.92 Å². The Morgan fingerprint density at radius 3 is 2.81 bits per heavy atom. The number of hydrogen-bond donors (Lipinski definition) is 0. The molecular formula is C12H20O4. The molecule has 3 saturated heterocycles. The lowest BCUT2D eigenvalue weighted by molar-refractivity contribution is -0.547. The topological polar surface area (TPSA) is 36.9 Å². The summed E-state index contributed by atoms with van der Waals surface area (Å²) in [6, 6.07) is 0. The molecule has 2 bridgehead atoms. The quantitative estimate of drug-likeness (QED) is 0.646. The minimum absolute atomic E-state index is 0.279. The fourth-order valence-corrected chi connectivity index (χ4v) is 3.38. The van der Waals surface area contributed by atoms with Gasteiger partial charge >= 0.3 is 0 Å². The van der Waals surface area contributed by atoms with E-state index in [4.69, 9.17) is 19.2 Å². The third kappa shape index (κ3) is 1.44. The van der Waals surface area contributed by atoms with Crippen LogP contribution in [0.25, 0.3) is 0 Å². The molecule has 4 heteroatoms. The van der Waals surface area contributed by atoms with Crippen LogP contribution in [0.2, 0.25) is 0 Å². The van der Waals surface area contributed by atoms with E-state index in [-0.39, 0.29) is 11.9 Å². The molecule has 0 aromatic rings. The molecular weight excluding hydrogens is 208 g/mol. The van der Waals surface area contributed by atoms with Crippen LogP contribution in [0.1, 0.15) is 45.4 Å². The van der Waals surface area contributed by atoms with Gasteiger partial charge in [0.15, 0.2) is 11.9 Å². The van der Waals surface area contributed by atoms with Gasteiger partial charge in [-0.2, -0.15) is 0 Å². The summed E-state index contributed by atoms with van der Waals surface area (Å²) in [5.74, 6) is -0.112. The standard InChI is InChI=1S/C12H20O4/c1-11-8-6-9-5-3-4-7-12(9,16-15-11)10(13-2)14-11/h9-10H,3-8H2,1-2H3/t9?,10-,11-,12+/m1/s1. The average Bonchev–Trinajstić information content (AvgIpc) is 2.53. The van der Waals surface area contributed by atoms with E-state index < -0.39 is 5.79 Å². The monoisotopic (exact) mass is 228 g/mol. The smallest absolute Gasteiger partial charge is 0.201 e. The van der Waals surface area contributed by atoms with Gasteiger partial charge in [-0.15, -0.1) is 0 Å². The molecule has 0 aromatic carbocycles. The van der Waals surface area contributed by atoms with Crippen LogP contribution in [0.5, 0.6) is 0 Å². The lowest BCUT2D eigenvalue weighted by Crippen LogP contribution is -2.59. The van der Waals surface area contributed by atoms with Gasteiger partial charge in [0.25, 0.3) is 0 Å². The van der Waals surface area contributed by atoms with E-state index in [1.807, 2.05) is 6.92 Å². The molecule has 1 unspecified atom stereocenters. The van der Waals surface area contributed by atoms with Crippen LogP contribution >= 0.6 is 0 Å². The van der Waals surface area contributed by atoms with Crippen molar-refractivity contribution in [2.45, 2.75) is 63.1 Å². The second kappa shape index (κ2) is 3.67. The van der Waals surface area contributed by atoms with Gasteiger partial charge in [0.2, 0.25) is 5.79 Å². The predicted molar refractivity (Wildman–Crippen MR) is 56.4 cm³/mol. The average molecular weight is 228 g/mol. The SMILES string of the molecule is CO[C@@H]1O[C@@]2(C)CCC3CCCC[C@]31OO2. The van der Waals surface area contributed by atoms with E-state index in [1.165, 1.54) is 19.3 Å². The van der Waals surface area contributed by atoms with Gasteiger partial charge in [-0.3, -0.25) is 0 Å². The summed E-state index contributed by atoms with van der Waals surface area (Å²) in [5.41, 5.74) is -0.358. The first-order chi connectivity index (χ1) is 7.69. The normalized spacial score (nSPS) is 52.1. The number of ether oxygens (including phenoxy) is 2. The molecule has 4 rings (SSSR count). The molecule has 4 atom stereocenters. The van der Waals surface area contributed by atoms with Crippen LogP contribution < -0.4 is 0 Å². The lowest BCUT2D eigenvalue weighted by Gasteiger charge is -2.48. The summed E-state index contributed by atoms with van der Waals surface area (Å²) in [6.45, 7) is 1.93. The van der Waals surface area contributed by atoms with E-state index in [1.54, 1.807) is 7.11 Å². The number of hydrogen-bond acceptors (Lipinski definition) is 4. The van der Waals surface area contributed by atoms with Gasteiger partial charge in [-0.25, -0.2) is 9.78 Å². The molecule has 0 aromatic heterocycles. The Kier molecular flexibility index (Phi) is 2.51. The minimum Gasteiger partial charge on any atom is -0.353 e. The second-order valence-electron chi connectivity index (χ2n) is 5.42. The third-order valence-corrected chi connectivity index (χ3v) is 4.35. The maximum Gasteiger partial charge on any atom is 0.201 e. The highest BCUT2D eigenvalue weighted by molar-refractivity contribution is 4.99. The first-order valence-corrected chi connectivity index (χ1v) is 6.26. The molecule has 4 nitrogen and oxygen atoms in total. The summed E-state index contributed by atoms with van der Waals surface area (Å²) in [6.07, 6.45) is 6.34. The van der Waals surface area contributed by atoms with Crippen LogP contribution in [0.3, 0.4) is 0 Å². The van der Waals surface area contributed by atoms with Crippen molar-refractivity contribution in [2.24, 2.45) is 5.92 Å². The second-order valence-corrected chi connectivity index (χ2v) is 5.42. The fourth-order valence-electron chi connectivity index (χ4n) is 3.38. The Bertz CT molecular complexity index is 278. The third-order valence-electron chi connectivity index (χ3n) is 4.35. The van der Waals surface area contributed by atoms with Gasteiger partial charge in [-0.05, 0) is 32.1 Å². The van der Waals surface area contributed by atoms with Crippen molar-refractivity contribution in [1.29, 1.82) is 0 Å². The maximum absolute atomic E-state index is 5.94. The molecule has 16 heavy (non-hydrogen) atoms. The van der Waals surface area contributed by atoms with Crippen molar-refractivity contribution in [3.63, 3.8) is 0 Å². The van der Waals surface area contributed by atoms with Crippen molar-refractivity contribution in [3.8, 4) is 0 Å². The highest BCUT2D eigenvalue weighted by Crippen LogP contribution is 2.51. The highest BCUT2D eigenvalue weighted by atomic mass is 17.3. The summed E-state index contributed by atoms with van der Waals surface area (Å²) in [4.78, 5) is 11.2. The molecule has 3 aliphatic heterocycles. The molecule has 1 saturated carbocycles. The largest absolute Gasteiger partial charge is 0.353 e. The number of fused-ring (bicyclic) bond motifs is 3. The molecule has 0 amide bonds. The van der Waals surface area contributed by atoms with Crippen molar-refractivity contribution < 1.29 is 19.2 Å². The summed E-state index contributed by atoms with van der Waals surface area (Å²) in [7, 11) is 1.69. The lowest BCUT2D eigenvalue weighted by atomic mass is 9.73. The van der Waals surface area contributed by atoms with E-state index in [9.17, 15) is 0 Å². The van der Waals surface area contributed by atoms with Gasteiger partial charge in [-0.1, -0.05) is 12.8 Å². The Morgan fingerprint density at radius 1 is 1.12 bits per heavy atom. The van der Waals surface area contributed by atoms with Crippen molar-refractivity contribution in [3.05, 3.63) is 0 Å². The summed E-state index contributed by atoms with van der Waals surface area (Å²) < 4.78 is 11.4. The minimum atomic E-state index is -0.622. The first-order valence-electron chi connectivity index (χ1n) is 6.26. The van der Waals surface area contributed by atoms with Crippen molar-refractivity contribution >= 4 is 0 Å². The molecule has 0 N–H and O–H groups in total. The predicted octanol–water partition coefficient (Wildman–Crippen LogP) is 2.38. The van der Waals surface area contributed by atoms with E-state index in [2.05, 4.69) is 0 Å². The van der Waals surface area contributed by atoms with Crippen LogP contribution in [0.15, 0.2) is 0 Å². The Labute approximate surface area is 96.1 Å². The molecule has 4 fully saturated rings. The first kappa shape index (κ1) is 11.0. The summed E-state index contributed by atoms with van der Waals surface area (Å²) >= 11 is 0. The molecule has 92 valence electrons. The van der Waals surface area contributed by atoms with Crippen LogP contribution in [0.4, 0.5) is 0 Å². The van der Waals surface area contributed by atoms with Crippen LogP contribution in [-0.2, 0) is 19.2 Å². The Morgan fingerprint density at radius 2 is 2.00 bits per heavy atom. The number of methoxy groups -OCH3 is 1. The Balaban J connectivity index is 1.96. The van der Waals surface area contributed by atoms with Gasteiger partial charge in [0, 0.05) is 13.5 Å². The molecule has 0 radical (unpaired) electrons. The van der Waals surface area contributed by atoms with E-state index in [0.717, 1.165) is 19.3 Å². The molecule has 1 spiro atoms. The van der Waals surface area contributed by atoms with Crippen molar-refractivity contribution in [1.82, 2.24) is 0 Å². The van der Waals surface area contributed by atoms with Gasteiger partial charge < -0.3 is 9.47 Å². The van der Waals surface area contributed by atoms with Crippen molar-refractivity contribution in [2.75, 3.05) is 7.11 Å². The zero-order valence-electron chi connectivity index (χ0n) is 10.0.